The van der Waals surface area contributed by atoms with Gasteiger partial charge in [-0.2, -0.15) is 0 Å². The Bertz CT molecular complexity index is 1010. The lowest BCUT2D eigenvalue weighted by Crippen LogP contribution is -2.65. The van der Waals surface area contributed by atoms with E-state index in [0.717, 1.165) is 57.7 Å². The van der Waals surface area contributed by atoms with E-state index in [4.69, 9.17) is 0 Å². The number of carbonyl (C=O) groups is 3. The Morgan fingerprint density at radius 1 is 0.943 bits per heavy atom. The minimum Gasteiger partial charge on any atom is -0.481 e. The molecule has 2 unspecified atom stereocenters. The fourth-order valence-electron chi connectivity index (χ4n) is 10.8. The first-order valence-corrected chi connectivity index (χ1v) is 14.0. The van der Waals surface area contributed by atoms with Gasteiger partial charge in [-0.05, 0) is 97.2 Å². The van der Waals surface area contributed by atoms with E-state index < -0.39 is 22.7 Å². The van der Waals surface area contributed by atoms with Crippen molar-refractivity contribution in [3.8, 4) is 0 Å². The third-order valence-electron chi connectivity index (χ3n) is 13.0. The first kappa shape index (κ1) is 25.2. The topological polar surface area (TPSA) is 71.4 Å². The number of rotatable bonds is 2. The summed E-state index contributed by atoms with van der Waals surface area (Å²) >= 11 is 0. The van der Waals surface area contributed by atoms with Gasteiger partial charge >= 0.3 is 5.97 Å². The number of Topliss-reactive ketones (excluding diaryl/α,β-unsaturated/α-hetero) is 1. The van der Waals surface area contributed by atoms with Crippen LogP contribution < -0.4 is 0 Å². The lowest BCUT2D eigenvalue weighted by atomic mass is 9.33. The number of carboxylic acids is 1. The average Bonchev–Trinajstić information content (AvgIpc) is 2.76. The van der Waals surface area contributed by atoms with Crippen LogP contribution >= 0.6 is 0 Å². The van der Waals surface area contributed by atoms with Gasteiger partial charge in [0.2, 0.25) is 0 Å². The fourth-order valence-corrected chi connectivity index (χ4v) is 10.8. The zero-order valence-corrected chi connectivity index (χ0v) is 23.0. The highest BCUT2D eigenvalue weighted by molar-refractivity contribution is 5.98. The summed E-state index contributed by atoms with van der Waals surface area (Å²) in [7, 11) is 0. The molecule has 194 valence electrons. The molecule has 0 aliphatic heterocycles. The van der Waals surface area contributed by atoms with E-state index in [2.05, 4.69) is 54.5 Å². The summed E-state index contributed by atoms with van der Waals surface area (Å²) in [6, 6.07) is 0. The quantitative estimate of drug-likeness (QED) is 0.265. The van der Waals surface area contributed by atoms with Gasteiger partial charge in [0.25, 0.3) is 0 Å². The normalized spacial score (nSPS) is 50.0. The predicted octanol–water partition coefficient (Wildman–Crippen LogP) is 6.87. The number of hydrogen-bond donors (Lipinski definition) is 1. The summed E-state index contributed by atoms with van der Waals surface area (Å²) in [5, 5.41) is 10.5. The van der Waals surface area contributed by atoms with Crippen molar-refractivity contribution >= 4 is 18.0 Å². The van der Waals surface area contributed by atoms with E-state index in [1.807, 2.05) is 0 Å². The predicted molar refractivity (Wildman–Crippen MR) is 137 cm³/mol. The highest BCUT2D eigenvalue weighted by Crippen LogP contribution is 2.75. The van der Waals surface area contributed by atoms with Gasteiger partial charge in [0.05, 0.1) is 11.3 Å². The van der Waals surface area contributed by atoms with E-state index in [0.29, 0.717) is 12.3 Å². The first-order chi connectivity index (χ1) is 16.1. The third kappa shape index (κ3) is 3.00. The first-order valence-electron chi connectivity index (χ1n) is 14.0. The molecule has 4 saturated carbocycles. The largest absolute Gasteiger partial charge is 0.481 e. The molecule has 5 aliphatic carbocycles. The summed E-state index contributed by atoms with van der Waals surface area (Å²) in [6.07, 6.45) is 11.5. The van der Waals surface area contributed by atoms with E-state index in [-0.39, 0.29) is 39.3 Å². The number of fused-ring (bicyclic) bond motifs is 7. The van der Waals surface area contributed by atoms with Crippen molar-refractivity contribution in [1.82, 2.24) is 0 Å². The molecule has 0 aromatic heterocycles. The standard InChI is InChI=1S/C31H46O4/c1-26(2)12-14-31(25(34)35)15-13-29(6)20(21(31)17-26)8-9-23-28(5)16-19(18-32)24(33)27(3,4)22(28)10-11-30(23,29)7/h8,18-19,21-23H,9-17H2,1-7H3,(H,34,35)/t19?,21?,22-,23+,28-,29+,30+,31-/m0/s1. The summed E-state index contributed by atoms with van der Waals surface area (Å²) in [6.45, 7) is 16.1. The molecular weight excluding hydrogens is 436 g/mol. The van der Waals surface area contributed by atoms with Crippen molar-refractivity contribution in [2.45, 2.75) is 106 Å². The Labute approximate surface area is 211 Å². The molecule has 4 nitrogen and oxygen atoms in total. The third-order valence-corrected chi connectivity index (χ3v) is 13.0. The molecule has 0 heterocycles. The van der Waals surface area contributed by atoms with Crippen LogP contribution in [0.1, 0.15) is 106 Å². The Balaban J connectivity index is 1.62. The molecule has 4 heteroatoms. The number of hydrogen-bond acceptors (Lipinski definition) is 3. The van der Waals surface area contributed by atoms with Crippen molar-refractivity contribution in [3.05, 3.63) is 11.6 Å². The number of allylic oxidation sites excluding steroid dienone is 2. The molecule has 0 radical (unpaired) electrons. The van der Waals surface area contributed by atoms with Gasteiger partial charge in [-0.3, -0.25) is 9.59 Å². The van der Waals surface area contributed by atoms with Gasteiger partial charge in [-0.1, -0.05) is 60.1 Å². The Morgan fingerprint density at radius 2 is 1.60 bits per heavy atom. The second-order valence-electron chi connectivity index (χ2n) is 15.2. The van der Waals surface area contributed by atoms with Crippen LogP contribution in [0, 0.1) is 56.2 Å². The minimum atomic E-state index is -0.618. The molecule has 5 rings (SSSR count). The Morgan fingerprint density at radius 3 is 2.23 bits per heavy atom. The summed E-state index contributed by atoms with van der Waals surface area (Å²) in [5.41, 5.74) is 0.416. The van der Waals surface area contributed by atoms with Gasteiger partial charge in [0.1, 0.15) is 12.1 Å². The van der Waals surface area contributed by atoms with Crippen LogP contribution in [0.2, 0.25) is 0 Å². The van der Waals surface area contributed by atoms with E-state index in [1.54, 1.807) is 0 Å². The molecule has 4 fully saturated rings. The van der Waals surface area contributed by atoms with Crippen LogP contribution in [0.4, 0.5) is 0 Å². The number of carboxylic acid groups (broad SMARTS) is 1. The van der Waals surface area contributed by atoms with Crippen molar-refractivity contribution in [1.29, 1.82) is 0 Å². The van der Waals surface area contributed by atoms with Gasteiger partial charge in [-0.25, -0.2) is 0 Å². The number of ketones is 1. The molecule has 0 aromatic carbocycles. The summed E-state index contributed by atoms with van der Waals surface area (Å²) in [4.78, 5) is 38.0. The summed E-state index contributed by atoms with van der Waals surface area (Å²) in [5.74, 6) is -0.179. The maximum atomic E-state index is 13.2. The van der Waals surface area contributed by atoms with E-state index in [9.17, 15) is 19.5 Å². The van der Waals surface area contributed by atoms with Crippen LogP contribution in [0.3, 0.4) is 0 Å². The van der Waals surface area contributed by atoms with E-state index >= 15 is 0 Å². The van der Waals surface area contributed by atoms with Gasteiger partial charge < -0.3 is 9.90 Å². The van der Waals surface area contributed by atoms with Crippen LogP contribution in [0.5, 0.6) is 0 Å². The molecule has 0 bridgehead atoms. The SMILES string of the molecule is CC1(C)CC[C@]2(C(=O)O)CC[C@]3(C)C(=CC[C@@H]4[C@@]5(C)CC(C=O)C(=O)C(C)(C)[C@@H]5CC[C@]43C)C2C1. The molecule has 8 atom stereocenters. The lowest BCUT2D eigenvalue weighted by molar-refractivity contribution is -0.194. The average molecular weight is 483 g/mol. The highest BCUT2D eigenvalue weighted by Gasteiger charge is 2.70. The van der Waals surface area contributed by atoms with Gasteiger partial charge in [-0.15, -0.1) is 0 Å². The molecule has 35 heavy (non-hydrogen) atoms. The lowest BCUT2D eigenvalue weighted by Gasteiger charge is -2.70. The van der Waals surface area contributed by atoms with Crippen molar-refractivity contribution < 1.29 is 19.5 Å². The van der Waals surface area contributed by atoms with Crippen molar-refractivity contribution in [2.75, 3.05) is 0 Å². The van der Waals surface area contributed by atoms with Crippen molar-refractivity contribution in [3.63, 3.8) is 0 Å². The Hall–Kier alpha value is -1.45. The molecule has 1 N–H and O–H groups in total. The number of aliphatic carboxylic acids is 1. The molecule has 0 aromatic rings. The molecule has 0 spiro atoms. The summed E-state index contributed by atoms with van der Waals surface area (Å²) < 4.78 is 0. The molecular formula is C31H46O4. The smallest absolute Gasteiger partial charge is 0.310 e. The second kappa shape index (κ2) is 7.32. The zero-order valence-electron chi connectivity index (χ0n) is 23.0. The number of carbonyl (C=O) groups excluding carboxylic acids is 2. The molecule has 0 saturated heterocycles. The van der Waals surface area contributed by atoms with Crippen LogP contribution in [-0.2, 0) is 14.4 Å². The zero-order chi connectivity index (χ0) is 25.8. The number of aldehydes is 1. The monoisotopic (exact) mass is 482 g/mol. The van der Waals surface area contributed by atoms with Gasteiger partial charge in [0, 0.05) is 5.41 Å². The van der Waals surface area contributed by atoms with E-state index in [1.165, 1.54) is 5.57 Å². The van der Waals surface area contributed by atoms with Crippen LogP contribution in [0.25, 0.3) is 0 Å². The van der Waals surface area contributed by atoms with Crippen LogP contribution in [0.15, 0.2) is 11.6 Å². The highest BCUT2D eigenvalue weighted by atomic mass is 16.4. The maximum absolute atomic E-state index is 13.2. The van der Waals surface area contributed by atoms with Crippen molar-refractivity contribution in [2.24, 2.45) is 56.2 Å². The molecule has 5 aliphatic rings. The second-order valence-corrected chi connectivity index (χ2v) is 15.2. The van der Waals surface area contributed by atoms with Crippen LogP contribution in [-0.4, -0.2) is 23.1 Å². The maximum Gasteiger partial charge on any atom is 0.310 e. The minimum absolute atomic E-state index is 0.0385. The Kier molecular flexibility index (Phi) is 5.27. The molecule has 0 amide bonds. The van der Waals surface area contributed by atoms with Gasteiger partial charge in [0.15, 0.2) is 0 Å². The fraction of sp³-hybridized carbons (Fsp3) is 0.839.